The highest BCUT2D eigenvalue weighted by Crippen LogP contribution is 2.52. The highest BCUT2D eigenvalue weighted by atomic mass is 35.5. The fourth-order valence-electron chi connectivity index (χ4n) is 9.26. The Morgan fingerprint density at radius 3 is 1.44 bits per heavy atom. The average Bonchev–Trinajstić information content (AvgIpc) is 3.85. The number of aliphatic hydroxyl groups excluding tert-OH is 8. The van der Waals surface area contributed by atoms with E-state index in [4.69, 9.17) is 36.0 Å². The lowest BCUT2D eigenvalue weighted by molar-refractivity contribution is -0.419. The van der Waals surface area contributed by atoms with E-state index in [1.807, 2.05) is 74.5 Å². The molecule has 3 heterocycles. The van der Waals surface area contributed by atoms with Gasteiger partial charge in [0.25, 0.3) is 17.4 Å². The molecule has 3 fully saturated rings. The summed E-state index contributed by atoms with van der Waals surface area (Å²) < 4.78 is 118. The first-order chi connectivity index (χ1) is 36.8. The van der Waals surface area contributed by atoms with Crippen LogP contribution in [0.25, 0.3) is 0 Å². The molecule has 3 saturated heterocycles. The molecular weight excluding hydrogens is 1070 g/mol. The number of hydrogen-bond donors (Lipinski definition) is 11. The molecule has 2 unspecified atom stereocenters. The Labute approximate surface area is 449 Å². The van der Waals surface area contributed by atoms with E-state index >= 15 is 8.78 Å². The van der Waals surface area contributed by atoms with Gasteiger partial charge in [0, 0.05) is 27.6 Å². The molecule has 428 valence electrons. The summed E-state index contributed by atoms with van der Waals surface area (Å²) in [7, 11) is 0. The fraction of sp³-hybridized carbons (Fsp3) is 0.455. The third-order valence-electron chi connectivity index (χ3n) is 13.8. The Hall–Kier alpha value is -4.67. The van der Waals surface area contributed by atoms with Gasteiger partial charge in [-0.2, -0.15) is 26.3 Å². The van der Waals surface area contributed by atoms with E-state index in [-0.39, 0.29) is 24.2 Å². The molecule has 11 N–H and O–H groups in total. The van der Waals surface area contributed by atoms with Crippen LogP contribution in [-0.2, 0) is 54.7 Å². The minimum atomic E-state index is -4.08. The van der Waals surface area contributed by atoms with Gasteiger partial charge in [0.1, 0.15) is 54.9 Å². The Bertz CT molecular complexity index is 2620. The van der Waals surface area contributed by atoms with Crippen LogP contribution in [0.4, 0.5) is 26.3 Å². The smallest absolute Gasteiger partial charge is 0.330 e. The van der Waals surface area contributed by atoms with Crippen molar-refractivity contribution in [3.8, 4) is 0 Å². The van der Waals surface area contributed by atoms with Crippen molar-refractivity contribution in [3.63, 3.8) is 0 Å². The van der Waals surface area contributed by atoms with Gasteiger partial charge in [0.15, 0.2) is 0 Å². The summed E-state index contributed by atoms with van der Waals surface area (Å²) in [6.45, 7) is 2.06. The highest BCUT2D eigenvalue weighted by Gasteiger charge is 2.70. The van der Waals surface area contributed by atoms with Gasteiger partial charge in [-0.25, -0.2) is 0 Å². The van der Waals surface area contributed by atoms with Crippen LogP contribution in [-0.4, -0.2) is 154 Å². The number of aliphatic hydroxyl groups is 11. The second-order valence-electron chi connectivity index (χ2n) is 19.0. The van der Waals surface area contributed by atoms with Gasteiger partial charge in [0.2, 0.25) is 0 Å². The Balaban J connectivity index is 0.000000202. The predicted molar refractivity (Wildman–Crippen MR) is 265 cm³/mol. The highest BCUT2D eigenvalue weighted by molar-refractivity contribution is 6.31. The van der Waals surface area contributed by atoms with Gasteiger partial charge >= 0.3 is 17.8 Å². The number of rotatable bonds is 16. The van der Waals surface area contributed by atoms with Crippen molar-refractivity contribution in [3.05, 3.63) is 178 Å². The summed E-state index contributed by atoms with van der Waals surface area (Å²) in [5.41, 5.74) is -0.154. The molecule has 0 radical (unpaired) electrons. The molecule has 3 aliphatic heterocycles. The molecule has 3 aliphatic rings. The van der Waals surface area contributed by atoms with Crippen LogP contribution in [0.2, 0.25) is 5.02 Å². The van der Waals surface area contributed by atoms with E-state index in [1.165, 1.54) is 54.6 Å². The van der Waals surface area contributed by atoms with Gasteiger partial charge in [0.05, 0.1) is 38.6 Å². The Kier molecular flexibility index (Phi) is 20.7. The van der Waals surface area contributed by atoms with E-state index in [0.717, 1.165) is 35.4 Å². The molecule has 5 aromatic rings. The number of benzene rings is 5. The maximum absolute atomic E-state index is 16.2. The van der Waals surface area contributed by atoms with E-state index in [9.17, 15) is 63.5 Å². The molecule has 15 atom stereocenters. The molecule has 8 rings (SSSR count). The van der Waals surface area contributed by atoms with E-state index in [0.29, 0.717) is 6.42 Å². The average molecular weight is 1130 g/mol. The first-order valence-electron chi connectivity index (χ1n) is 24.6. The number of alkyl halides is 6. The van der Waals surface area contributed by atoms with Crippen LogP contribution in [0.3, 0.4) is 0 Å². The van der Waals surface area contributed by atoms with Crippen LogP contribution < -0.4 is 0 Å². The van der Waals surface area contributed by atoms with Crippen LogP contribution in [0.5, 0.6) is 0 Å². The molecule has 5 aromatic carbocycles. The molecule has 0 aromatic heterocycles. The Morgan fingerprint density at radius 1 is 0.551 bits per heavy atom. The van der Waals surface area contributed by atoms with Crippen molar-refractivity contribution in [1.29, 1.82) is 0 Å². The normalized spacial score (nSPS) is 31.8. The van der Waals surface area contributed by atoms with Crippen molar-refractivity contribution in [2.75, 3.05) is 13.2 Å². The topological polar surface area (TPSA) is 269 Å². The predicted octanol–water partition coefficient (Wildman–Crippen LogP) is 4.62. The largest absolute Gasteiger partial charge is 0.394 e. The lowest BCUT2D eigenvalue weighted by Crippen LogP contribution is -2.70. The molecule has 23 heteroatoms. The van der Waals surface area contributed by atoms with Crippen molar-refractivity contribution in [2.24, 2.45) is 5.92 Å². The minimum absolute atomic E-state index is 0.00944. The monoisotopic (exact) mass is 1130 g/mol. The molecular formula is C55H63ClF6O16. The second kappa shape index (κ2) is 25.8. The zero-order chi connectivity index (χ0) is 57.4. The standard InChI is InChI=1S/C29H31ClF2O4.2C13H16F2O6/c1-3-25-20(2)26(34-18-21-12-6-4-7-13-21)27(35-19-22-14-8-5-9-15-22)29(33,36-25)28(31,32)23-16-10-11-17-24(23)30;14-12(15,7-4-2-1-3-5-7)13(20)11(19)9(18)10(21-13)8(17)6-16;14-12(15,7-4-2-1-3-5-7)13(20)11(19)10(18)9(17)8(6-16)21-13/h4-17,20,25-27,33H,3,18-19H2,1-2H3;2*1-5,8-11,16-20H,6H2/t20-,25-,26+,27-,29-;8-,9-,10?,11+,13?;8-,9-,10+,11-,13-/m101/s1. The molecule has 0 saturated carbocycles. The van der Waals surface area contributed by atoms with Crippen LogP contribution in [0.1, 0.15) is 48.1 Å². The lowest BCUT2D eigenvalue weighted by atomic mass is 9.81. The number of halogens is 7. The fourth-order valence-corrected chi connectivity index (χ4v) is 9.51. The van der Waals surface area contributed by atoms with Crippen molar-refractivity contribution >= 4 is 11.6 Å². The number of ether oxygens (including phenoxy) is 5. The zero-order valence-electron chi connectivity index (χ0n) is 41.9. The summed E-state index contributed by atoms with van der Waals surface area (Å²) in [6.07, 6.45) is -18.5. The summed E-state index contributed by atoms with van der Waals surface area (Å²) >= 11 is 6.17. The van der Waals surface area contributed by atoms with E-state index in [2.05, 4.69) is 9.47 Å². The molecule has 0 bridgehead atoms. The maximum atomic E-state index is 16.2. The summed E-state index contributed by atoms with van der Waals surface area (Å²) in [5.74, 6) is -22.3. The van der Waals surface area contributed by atoms with Crippen molar-refractivity contribution in [1.82, 2.24) is 0 Å². The summed E-state index contributed by atoms with van der Waals surface area (Å²) in [6, 6.07) is 36.4. The SMILES string of the molecule is CC[C@H]1O[C@@](O)(C(F)(F)c2ccccc2Cl)[C@H](OCc2ccccc2)[C@@H](OCc2ccccc2)[C@@H]1C.OC[C@H](O)C1OC(O)(C(F)(F)c2ccccc2)[C@H](O)[C@H]1O.OC[C@H]1O[C@@](O)(C(F)(F)c2ccccc2)[C@H](O)[C@@H](O)[C@@H]1O. The first-order valence-corrected chi connectivity index (χ1v) is 25.0. The summed E-state index contributed by atoms with van der Waals surface area (Å²) in [4.78, 5) is 0. The van der Waals surface area contributed by atoms with E-state index in [1.54, 1.807) is 6.07 Å². The zero-order valence-corrected chi connectivity index (χ0v) is 42.7. The minimum Gasteiger partial charge on any atom is -0.394 e. The van der Waals surface area contributed by atoms with Gasteiger partial charge < -0.3 is 79.9 Å². The third-order valence-corrected chi connectivity index (χ3v) is 14.2. The molecule has 0 aliphatic carbocycles. The van der Waals surface area contributed by atoms with Gasteiger partial charge in [-0.1, -0.05) is 165 Å². The van der Waals surface area contributed by atoms with Gasteiger partial charge in [-0.05, 0) is 23.6 Å². The van der Waals surface area contributed by atoms with Crippen molar-refractivity contribution in [2.45, 2.75) is 136 Å². The van der Waals surface area contributed by atoms with E-state index < -0.39 is 132 Å². The molecule has 78 heavy (non-hydrogen) atoms. The lowest BCUT2D eigenvalue weighted by Gasteiger charge is -2.52. The third kappa shape index (κ3) is 12.5. The molecule has 0 amide bonds. The van der Waals surface area contributed by atoms with Crippen LogP contribution in [0.15, 0.2) is 146 Å². The van der Waals surface area contributed by atoms with Crippen LogP contribution in [0, 0.1) is 5.92 Å². The Morgan fingerprint density at radius 2 is 0.974 bits per heavy atom. The number of hydrogen-bond acceptors (Lipinski definition) is 16. The molecule has 16 nitrogen and oxygen atoms in total. The second-order valence-corrected chi connectivity index (χ2v) is 19.4. The van der Waals surface area contributed by atoms with Gasteiger partial charge in [-0.3, -0.25) is 0 Å². The van der Waals surface area contributed by atoms with Crippen LogP contribution >= 0.6 is 11.6 Å². The van der Waals surface area contributed by atoms with Crippen molar-refractivity contribution < 1.29 is 106 Å². The molecule has 0 spiro atoms. The maximum Gasteiger partial charge on any atom is 0.330 e. The van der Waals surface area contributed by atoms with Gasteiger partial charge in [-0.15, -0.1) is 0 Å². The summed E-state index contributed by atoms with van der Waals surface area (Å²) in [5, 5.41) is 107. The quantitative estimate of drug-likeness (QED) is 0.0602. The first kappa shape index (κ1) is 62.5.